The van der Waals surface area contributed by atoms with Crippen molar-refractivity contribution in [3.8, 4) is 0 Å². The van der Waals surface area contributed by atoms with Gasteiger partial charge in [0.25, 0.3) is 0 Å². The zero-order valence-corrected chi connectivity index (χ0v) is 9.91. The molecule has 0 aliphatic carbocycles. The van der Waals surface area contributed by atoms with Gasteiger partial charge in [0.15, 0.2) is 22.7 Å². The largest absolute Gasteiger partial charge is 0.458 e. The lowest BCUT2D eigenvalue weighted by Crippen LogP contribution is -2.14. The van der Waals surface area contributed by atoms with Gasteiger partial charge in [0, 0.05) is 0 Å². The number of aromatic nitrogens is 4. The van der Waals surface area contributed by atoms with E-state index in [9.17, 15) is 4.79 Å². The number of hydrogen-bond acceptors (Lipinski definition) is 8. The highest BCUT2D eigenvalue weighted by atomic mass is 16.5. The van der Waals surface area contributed by atoms with E-state index in [0.717, 1.165) is 0 Å². The van der Waals surface area contributed by atoms with Gasteiger partial charge >= 0.3 is 5.97 Å². The fourth-order valence-corrected chi connectivity index (χ4v) is 1.32. The summed E-state index contributed by atoms with van der Waals surface area (Å²) in [5.74, 6) is -0.494. The summed E-state index contributed by atoms with van der Waals surface area (Å²) in [5.41, 5.74) is 11.6. The Balaban J connectivity index is 2.47. The van der Waals surface area contributed by atoms with Crippen molar-refractivity contribution in [1.82, 2.24) is 19.9 Å². The van der Waals surface area contributed by atoms with Gasteiger partial charge in [-0.2, -0.15) is 9.97 Å². The van der Waals surface area contributed by atoms with Crippen LogP contribution in [0.2, 0.25) is 0 Å². The van der Waals surface area contributed by atoms with Crippen LogP contribution < -0.4 is 11.5 Å². The highest BCUT2D eigenvalue weighted by molar-refractivity contribution is 5.91. The number of rotatable bonds is 2. The predicted molar refractivity (Wildman–Crippen MR) is 64.5 cm³/mol. The number of fused-ring (bicyclic) bond motifs is 1. The number of esters is 1. The van der Waals surface area contributed by atoms with E-state index in [4.69, 9.17) is 16.2 Å². The van der Waals surface area contributed by atoms with Crippen LogP contribution in [0.4, 0.5) is 11.8 Å². The molecule has 2 rings (SSSR count). The Kier molecular flexibility index (Phi) is 2.92. The van der Waals surface area contributed by atoms with Crippen LogP contribution in [0, 0.1) is 0 Å². The number of anilines is 2. The van der Waals surface area contributed by atoms with Crippen molar-refractivity contribution in [1.29, 1.82) is 0 Å². The molecule has 2 aromatic rings. The average molecular weight is 248 g/mol. The minimum atomic E-state index is -0.573. The molecule has 0 unspecified atom stereocenters. The molecule has 0 saturated heterocycles. The minimum Gasteiger partial charge on any atom is -0.458 e. The second kappa shape index (κ2) is 4.40. The molecule has 0 aliphatic rings. The molecular weight excluding hydrogens is 236 g/mol. The molecule has 2 aromatic heterocycles. The van der Waals surface area contributed by atoms with Crippen molar-refractivity contribution in [3.05, 3.63) is 11.9 Å². The van der Waals surface area contributed by atoms with Gasteiger partial charge in [0.2, 0.25) is 5.95 Å². The van der Waals surface area contributed by atoms with Crippen molar-refractivity contribution < 1.29 is 9.53 Å². The summed E-state index contributed by atoms with van der Waals surface area (Å²) in [5, 5.41) is 0. The summed E-state index contributed by atoms with van der Waals surface area (Å²) in [7, 11) is 0. The fourth-order valence-electron chi connectivity index (χ4n) is 1.32. The molecule has 0 atom stereocenters. The van der Waals surface area contributed by atoms with Crippen LogP contribution in [0.15, 0.2) is 6.20 Å². The Morgan fingerprint density at radius 2 is 2.00 bits per heavy atom. The van der Waals surface area contributed by atoms with E-state index >= 15 is 0 Å². The summed E-state index contributed by atoms with van der Waals surface area (Å²) in [6.07, 6.45) is 1.02. The number of carbonyl (C=O) groups excluding carboxylic acids is 1. The van der Waals surface area contributed by atoms with E-state index in [0.29, 0.717) is 0 Å². The first kappa shape index (κ1) is 12.0. The number of hydrogen-bond donors (Lipinski definition) is 2. The molecule has 2 heterocycles. The molecule has 0 aliphatic heterocycles. The van der Waals surface area contributed by atoms with Crippen molar-refractivity contribution in [3.63, 3.8) is 0 Å². The van der Waals surface area contributed by atoms with E-state index in [-0.39, 0.29) is 34.7 Å². The number of nitrogen functional groups attached to an aromatic ring is 2. The smallest absolute Gasteiger partial charge is 0.358 e. The Morgan fingerprint density at radius 3 is 2.67 bits per heavy atom. The van der Waals surface area contributed by atoms with E-state index in [1.165, 1.54) is 6.20 Å². The molecule has 0 amide bonds. The summed E-state index contributed by atoms with van der Waals surface area (Å²) >= 11 is 0. The first-order valence-electron chi connectivity index (χ1n) is 5.24. The molecule has 8 nitrogen and oxygen atoms in total. The van der Waals surface area contributed by atoms with E-state index in [1.54, 1.807) is 13.8 Å². The average Bonchev–Trinajstić information content (AvgIpc) is 2.27. The summed E-state index contributed by atoms with van der Waals surface area (Å²) < 4.78 is 5.00. The fraction of sp³-hybridized carbons (Fsp3) is 0.300. The molecule has 0 bridgehead atoms. The maximum absolute atomic E-state index is 11.6. The molecule has 8 heteroatoms. The third kappa shape index (κ3) is 2.26. The number of carbonyl (C=O) groups is 1. The lowest BCUT2D eigenvalue weighted by Gasteiger charge is -2.07. The van der Waals surface area contributed by atoms with Gasteiger partial charge in [0.1, 0.15) is 0 Å². The molecule has 0 radical (unpaired) electrons. The van der Waals surface area contributed by atoms with Crippen molar-refractivity contribution in [2.75, 3.05) is 11.5 Å². The van der Waals surface area contributed by atoms with Crippen LogP contribution in [0.3, 0.4) is 0 Å². The predicted octanol–water partition coefficient (Wildman–Crippen LogP) is 0.149. The Labute approximate surface area is 102 Å². The first-order chi connectivity index (χ1) is 8.47. The summed E-state index contributed by atoms with van der Waals surface area (Å²) in [6, 6.07) is 0. The molecule has 0 saturated carbocycles. The van der Waals surface area contributed by atoms with Crippen molar-refractivity contribution in [2.24, 2.45) is 0 Å². The zero-order chi connectivity index (χ0) is 13.3. The van der Waals surface area contributed by atoms with Crippen molar-refractivity contribution in [2.45, 2.75) is 20.0 Å². The van der Waals surface area contributed by atoms with Gasteiger partial charge in [-0.25, -0.2) is 14.8 Å². The SMILES string of the molecule is CC(C)OC(=O)c1cnc2nc(N)nc(N)c2n1. The maximum atomic E-state index is 11.6. The lowest BCUT2D eigenvalue weighted by molar-refractivity contribution is 0.0371. The van der Waals surface area contributed by atoms with Crippen LogP contribution in [-0.2, 0) is 4.74 Å². The summed E-state index contributed by atoms with van der Waals surface area (Å²) in [4.78, 5) is 27.2. The third-order valence-corrected chi connectivity index (χ3v) is 2.00. The van der Waals surface area contributed by atoms with Gasteiger partial charge in [-0.05, 0) is 13.8 Å². The molecule has 0 spiro atoms. The van der Waals surface area contributed by atoms with Gasteiger partial charge in [0.05, 0.1) is 12.3 Å². The van der Waals surface area contributed by atoms with Gasteiger partial charge < -0.3 is 16.2 Å². The number of nitrogens with two attached hydrogens (primary N) is 2. The number of ether oxygens (including phenoxy) is 1. The van der Waals surface area contributed by atoms with E-state index < -0.39 is 5.97 Å². The Morgan fingerprint density at radius 1 is 1.28 bits per heavy atom. The van der Waals surface area contributed by atoms with Crippen LogP contribution in [0.5, 0.6) is 0 Å². The second-order valence-electron chi connectivity index (χ2n) is 3.85. The molecule has 0 fully saturated rings. The van der Waals surface area contributed by atoms with E-state index in [1.807, 2.05) is 0 Å². The third-order valence-electron chi connectivity index (χ3n) is 2.00. The van der Waals surface area contributed by atoms with E-state index in [2.05, 4.69) is 19.9 Å². The normalized spacial score (nSPS) is 10.8. The Hall–Kier alpha value is -2.51. The molecule has 18 heavy (non-hydrogen) atoms. The van der Waals surface area contributed by atoms with Gasteiger partial charge in [-0.15, -0.1) is 0 Å². The molecular formula is C10H12N6O2. The van der Waals surface area contributed by atoms with Crippen molar-refractivity contribution >= 4 is 28.9 Å². The topological polar surface area (TPSA) is 130 Å². The maximum Gasteiger partial charge on any atom is 0.358 e. The van der Waals surface area contributed by atoms with Crippen LogP contribution in [0.1, 0.15) is 24.3 Å². The lowest BCUT2D eigenvalue weighted by atomic mass is 10.4. The standard InChI is InChI=1S/C10H12N6O2/c1-4(2)18-9(17)5-3-13-8-6(14-5)7(11)15-10(12)16-8/h3-4H,1-2H3,(H4,11,12,13,15,16). The minimum absolute atomic E-state index is 0.00630. The highest BCUT2D eigenvalue weighted by Gasteiger charge is 2.14. The zero-order valence-electron chi connectivity index (χ0n) is 9.91. The monoisotopic (exact) mass is 248 g/mol. The summed E-state index contributed by atoms with van der Waals surface area (Å²) in [6.45, 7) is 3.48. The Bertz CT molecular complexity index is 613. The second-order valence-corrected chi connectivity index (χ2v) is 3.85. The molecule has 94 valence electrons. The highest BCUT2D eigenvalue weighted by Crippen LogP contribution is 2.15. The molecule has 4 N–H and O–H groups in total. The van der Waals surface area contributed by atoms with Gasteiger partial charge in [-0.1, -0.05) is 0 Å². The molecule has 0 aromatic carbocycles. The van der Waals surface area contributed by atoms with Crippen LogP contribution >= 0.6 is 0 Å². The first-order valence-corrected chi connectivity index (χ1v) is 5.24. The number of nitrogens with zero attached hydrogens (tertiary/aromatic N) is 4. The quantitative estimate of drug-likeness (QED) is 0.718. The van der Waals surface area contributed by atoms with Crippen LogP contribution in [0.25, 0.3) is 11.2 Å². The van der Waals surface area contributed by atoms with Gasteiger partial charge in [-0.3, -0.25) is 0 Å². The van der Waals surface area contributed by atoms with Crippen LogP contribution in [-0.4, -0.2) is 32.0 Å².